The summed E-state index contributed by atoms with van der Waals surface area (Å²) in [5.41, 5.74) is 0.596. The van der Waals surface area contributed by atoms with Crippen LogP contribution >= 0.6 is 0 Å². The zero-order valence-corrected chi connectivity index (χ0v) is 18.0. The monoisotopic (exact) mass is 450 g/mol. The average molecular weight is 450 g/mol. The van der Waals surface area contributed by atoms with E-state index in [1.54, 1.807) is 12.1 Å². The number of carbonyl (C=O) groups excluding carboxylic acids is 3. The maximum absolute atomic E-state index is 12.8. The molecule has 11 nitrogen and oxygen atoms in total. The van der Waals surface area contributed by atoms with Crippen LogP contribution in [0.4, 0.5) is 0 Å². The molecule has 1 aromatic rings. The first kappa shape index (κ1) is 25.1. The summed E-state index contributed by atoms with van der Waals surface area (Å²) in [4.78, 5) is 49.0. The van der Waals surface area contributed by atoms with Crippen molar-refractivity contribution in [1.82, 2.24) is 21.3 Å². The molecule has 1 heterocycles. The largest absolute Gasteiger partial charge is 0.508 e. The summed E-state index contributed by atoms with van der Waals surface area (Å²) in [6.45, 7) is 3.43. The quantitative estimate of drug-likeness (QED) is 0.228. The minimum Gasteiger partial charge on any atom is -0.508 e. The number of hydrogen-bond donors (Lipinski definition) is 7. The first-order chi connectivity index (χ1) is 15.1. The van der Waals surface area contributed by atoms with Gasteiger partial charge < -0.3 is 36.6 Å². The number of aliphatic hydroxyl groups excluding tert-OH is 1. The molecular formula is C21H30N4O7. The number of hydrogen-bond acceptors (Lipinski definition) is 7. The third kappa shape index (κ3) is 7.20. The normalized spacial score (nSPS) is 19.3. The number of aliphatic hydroxyl groups is 1. The molecular weight excluding hydrogens is 420 g/mol. The number of benzene rings is 1. The Hall–Kier alpha value is -3.18. The number of aromatic hydroxyl groups is 1. The number of amides is 3. The van der Waals surface area contributed by atoms with E-state index >= 15 is 0 Å². The van der Waals surface area contributed by atoms with Crippen molar-refractivity contribution in [3.05, 3.63) is 29.8 Å². The first-order valence-electron chi connectivity index (χ1n) is 10.4. The predicted molar refractivity (Wildman–Crippen MR) is 114 cm³/mol. The van der Waals surface area contributed by atoms with Crippen LogP contribution in [0.5, 0.6) is 5.75 Å². The predicted octanol–water partition coefficient (Wildman–Crippen LogP) is -1.37. The van der Waals surface area contributed by atoms with Crippen molar-refractivity contribution in [2.24, 2.45) is 0 Å². The Morgan fingerprint density at radius 1 is 1.06 bits per heavy atom. The van der Waals surface area contributed by atoms with Crippen LogP contribution in [0, 0.1) is 0 Å². The van der Waals surface area contributed by atoms with Gasteiger partial charge >= 0.3 is 5.97 Å². The Morgan fingerprint density at radius 3 is 2.25 bits per heavy atom. The van der Waals surface area contributed by atoms with Crippen LogP contribution in [0.2, 0.25) is 0 Å². The molecule has 1 aliphatic heterocycles. The van der Waals surface area contributed by atoms with Gasteiger partial charge in [-0.15, -0.1) is 0 Å². The van der Waals surface area contributed by atoms with Crippen molar-refractivity contribution in [3.8, 4) is 5.75 Å². The third-order valence-corrected chi connectivity index (χ3v) is 5.18. The minimum atomic E-state index is -1.56. The fourth-order valence-corrected chi connectivity index (χ4v) is 3.30. The maximum Gasteiger partial charge on any atom is 0.328 e. The Kier molecular flexibility index (Phi) is 8.97. The van der Waals surface area contributed by atoms with E-state index in [9.17, 15) is 34.5 Å². The van der Waals surface area contributed by atoms with Crippen molar-refractivity contribution in [1.29, 1.82) is 0 Å². The molecule has 0 saturated carbocycles. The highest BCUT2D eigenvalue weighted by atomic mass is 16.4. The number of phenols is 1. The summed E-state index contributed by atoms with van der Waals surface area (Å²) < 4.78 is 0. The van der Waals surface area contributed by atoms with E-state index in [1.165, 1.54) is 26.0 Å². The van der Waals surface area contributed by atoms with E-state index in [2.05, 4.69) is 21.3 Å². The Balaban J connectivity index is 2.10. The Labute approximate surface area is 185 Å². The molecule has 0 radical (unpaired) electrons. The zero-order valence-electron chi connectivity index (χ0n) is 18.0. The lowest BCUT2D eigenvalue weighted by Gasteiger charge is -2.24. The number of nitrogens with one attached hydrogen (secondary N) is 4. The molecule has 1 aromatic carbocycles. The summed E-state index contributed by atoms with van der Waals surface area (Å²) in [6.07, 6.45) is 0.164. The molecule has 7 N–H and O–H groups in total. The van der Waals surface area contributed by atoms with E-state index < -0.39 is 42.0 Å². The van der Waals surface area contributed by atoms with E-state index in [4.69, 9.17) is 0 Å². The van der Waals surface area contributed by atoms with E-state index in [-0.39, 0.29) is 24.1 Å². The van der Waals surface area contributed by atoms with Crippen molar-refractivity contribution in [2.45, 2.75) is 63.4 Å². The molecule has 1 saturated heterocycles. The lowest BCUT2D eigenvalue weighted by Crippen LogP contribution is -2.58. The van der Waals surface area contributed by atoms with Crippen molar-refractivity contribution < 1.29 is 34.5 Å². The van der Waals surface area contributed by atoms with Gasteiger partial charge in [-0.05, 0) is 50.9 Å². The number of rotatable bonds is 10. The van der Waals surface area contributed by atoms with Gasteiger partial charge in [0.1, 0.15) is 17.8 Å². The Bertz CT molecular complexity index is 822. The summed E-state index contributed by atoms with van der Waals surface area (Å²) in [7, 11) is 0. The SMILES string of the molecule is CC(NC(=O)C1CCCN1)C(=O)NC(Cc1ccc(O)cc1)C(=O)NC(C(=O)O)C(C)O. The molecule has 32 heavy (non-hydrogen) atoms. The molecule has 5 atom stereocenters. The smallest absolute Gasteiger partial charge is 0.328 e. The number of aliphatic carboxylic acids is 1. The van der Waals surface area contributed by atoms with Crippen LogP contribution in [0.1, 0.15) is 32.3 Å². The van der Waals surface area contributed by atoms with Gasteiger partial charge in [0.25, 0.3) is 0 Å². The third-order valence-electron chi connectivity index (χ3n) is 5.18. The second-order valence-electron chi connectivity index (χ2n) is 7.88. The van der Waals surface area contributed by atoms with Crippen LogP contribution in [0.25, 0.3) is 0 Å². The lowest BCUT2D eigenvalue weighted by atomic mass is 10.0. The molecule has 2 rings (SSSR count). The van der Waals surface area contributed by atoms with E-state index in [1.807, 2.05) is 0 Å². The molecule has 3 amide bonds. The fourth-order valence-electron chi connectivity index (χ4n) is 3.30. The number of carboxylic acids is 1. The van der Waals surface area contributed by atoms with Gasteiger partial charge in [0.05, 0.1) is 12.1 Å². The molecule has 0 bridgehead atoms. The maximum atomic E-state index is 12.8. The first-order valence-corrected chi connectivity index (χ1v) is 10.4. The van der Waals surface area contributed by atoms with E-state index in [0.717, 1.165) is 13.0 Å². The molecule has 5 unspecified atom stereocenters. The second-order valence-corrected chi connectivity index (χ2v) is 7.88. The fraction of sp³-hybridized carbons (Fsp3) is 0.524. The Morgan fingerprint density at radius 2 is 1.72 bits per heavy atom. The van der Waals surface area contributed by atoms with Gasteiger partial charge in [-0.2, -0.15) is 0 Å². The van der Waals surface area contributed by atoms with Crippen LogP contribution in [0.3, 0.4) is 0 Å². The van der Waals surface area contributed by atoms with E-state index in [0.29, 0.717) is 12.0 Å². The minimum absolute atomic E-state index is 0.00511. The summed E-state index contributed by atoms with van der Waals surface area (Å²) in [6, 6.07) is 1.89. The summed E-state index contributed by atoms with van der Waals surface area (Å²) in [5.74, 6) is -3.15. The van der Waals surface area contributed by atoms with Gasteiger partial charge in [-0.1, -0.05) is 12.1 Å². The highest BCUT2D eigenvalue weighted by Crippen LogP contribution is 2.12. The van der Waals surface area contributed by atoms with Crippen LogP contribution in [-0.2, 0) is 25.6 Å². The lowest BCUT2D eigenvalue weighted by molar-refractivity contribution is -0.145. The molecule has 0 spiro atoms. The molecule has 0 aromatic heterocycles. The van der Waals surface area contributed by atoms with Crippen molar-refractivity contribution in [2.75, 3.05) is 6.54 Å². The average Bonchev–Trinajstić information content (AvgIpc) is 3.27. The molecule has 0 aliphatic carbocycles. The van der Waals surface area contributed by atoms with Gasteiger partial charge in [0.2, 0.25) is 17.7 Å². The van der Waals surface area contributed by atoms with Crippen molar-refractivity contribution in [3.63, 3.8) is 0 Å². The van der Waals surface area contributed by atoms with Gasteiger partial charge in [0.15, 0.2) is 6.04 Å². The van der Waals surface area contributed by atoms with Crippen LogP contribution in [-0.4, -0.2) is 75.8 Å². The molecule has 11 heteroatoms. The number of carbonyl (C=O) groups is 4. The van der Waals surface area contributed by atoms with Crippen LogP contribution < -0.4 is 21.3 Å². The molecule has 1 fully saturated rings. The highest BCUT2D eigenvalue weighted by molar-refractivity contribution is 5.94. The number of phenolic OH excluding ortho intramolecular Hbond substituents is 1. The van der Waals surface area contributed by atoms with Crippen LogP contribution in [0.15, 0.2) is 24.3 Å². The molecule has 1 aliphatic rings. The topological polar surface area (TPSA) is 177 Å². The zero-order chi connectivity index (χ0) is 23.8. The number of carboxylic acid groups (broad SMARTS) is 1. The van der Waals surface area contributed by atoms with Gasteiger partial charge in [0, 0.05) is 6.42 Å². The second kappa shape index (κ2) is 11.4. The highest BCUT2D eigenvalue weighted by Gasteiger charge is 2.31. The van der Waals surface area contributed by atoms with Gasteiger partial charge in [-0.25, -0.2) is 4.79 Å². The van der Waals surface area contributed by atoms with Gasteiger partial charge in [-0.3, -0.25) is 14.4 Å². The standard InChI is InChI=1S/C21H30N4O7/c1-11(23-19(29)15-4-3-9-22-15)18(28)24-16(10-13-5-7-14(27)8-6-13)20(30)25-17(12(2)26)21(31)32/h5-8,11-12,15-17,22,26-27H,3-4,9-10H2,1-2H3,(H,23,29)(H,24,28)(H,25,30)(H,31,32). The molecule has 176 valence electrons. The summed E-state index contributed by atoms with van der Waals surface area (Å²) >= 11 is 0. The summed E-state index contributed by atoms with van der Waals surface area (Å²) in [5, 5.41) is 38.7. The van der Waals surface area contributed by atoms with Crippen molar-refractivity contribution >= 4 is 23.7 Å².